The number of nitrogens with zero attached hydrogens (tertiary/aromatic N) is 2. The maximum atomic E-state index is 11.3. The van der Waals surface area contributed by atoms with Crippen LogP contribution < -0.4 is 4.90 Å². The predicted octanol–water partition coefficient (Wildman–Crippen LogP) is 3.05. The molecule has 1 aromatic rings. The van der Waals surface area contributed by atoms with E-state index in [1.165, 1.54) is 11.3 Å². The minimum atomic E-state index is -0.881. The van der Waals surface area contributed by atoms with Crippen molar-refractivity contribution in [1.82, 2.24) is 4.98 Å². The summed E-state index contributed by atoms with van der Waals surface area (Å²) in [6.07, 6.45) is 2.58. The van der Waals surface area contributed by atoms with Crippen LogP contribution in [0.3, 0.4) is 0 Å². The third-order valence-electron chi connectivity index (χ3n) is 3.27. The Morgan fingerprint density at radius 3 is 2.70 bits per heavy atom. The van der Waals surface area contributed by atoms with Crippen molar-refractivity contribution in [2.45, 2.75) is 46.1 Å². The Morgan fingerprint density at radius 1 is 1.50 bits per heavy atom. The molecule has 0 amide bonds. The number of aromatic nitrogens is 1. The van der Waals surface area contributed by atoms with Crippen LogP contribution in [0.1, 0.15) is 49.0 Å². The van der Waals surface area contributed by atoms with E-state index < -0.39 is 5.97 Å². The molecule has 5 nitrogen and oxygen atoms in total. The van der Waals surface area contributed by atoms with Gasteiger partial charge in [0.15, 0.2) is 5.13 Å². The van der Waals surface area contributed by atoms with E-state index >= 15 is 0 Å². The van der Waals surface area contributed by atoms with Gasteiger partial charge in [-0.3, -0.25) is 0 Å². The Bertz CT molecular complexity index is 434. The maximum absolute atomic E-state index is 11.3. The lowest BCUT2D eigenvalue weighted by Crippen LogP contribution is -2.35. The second kappa shape index (κ2) is 8.21. The van der Waals surface area contributed by atoms with Gasteiger partial charge in [0.2, 0.25) is 0 Å². The average molecular weight is 300 g/mol. The molecule has 0 aliphatic carbocycles. The highest BCUT2D eigenvalue weighted by molar-refractivity contribution is 7.17. The number of aromatic carboxylic acids is 1. The molecule has 0 fully saturated rings. The molecule has 0 radical (unpaired) electrons. The van der Waals surface area contributed by atoms with Crippen LogP contribution in [0.4, 0.5) is 5.13 Å². The van der Waals surface area contributed by atoms with E-state index in [2.05, 4.69) is 23.7 Å². The van der Waals surface area contributed by atoms with Gasteiger partial charge in [0.25, 0.3) is 0 Å². The van der Waals surface area contributed by atoms with Gasteiger partial charge in [0.1, 0.15) is 4.88 Å². The minimum Gasteiger partial charge on any atom is -0.477 e. The maximum Gasteiger partial charge on any atom is 0.347 e. The average Bonchev–Trinajstić information content (AvgIpc) is 2.83. The van der Waals surface area contributed by atoms with Crippen LogP contribution in [0.5, 0.6) is 0 Å². The molecular formula is C14H24N2O3S. The van der Waals surface area contributed by atoms with Crippen LogP contribution in [-0.2, 0) is 11.2 Å². The lowest BCUT2D eigenvalue weighted by molar-refractivity contribution is 0.0700. The van der Waals surface area contributed by atoms with Crippen molar-refractivity contribution >= 4 is 22.4 Å². The summed E-state index contributed by atoms with van der Waals surface area (Å²) in [6, 6.07) is 0.312. The van der Waals surface area contributed by atoms with E-state index in [4.69, 9.17) is 4.74 Å². The largest absolute Gasteiger partial charge is 0.477 e. The first-order valence-electron chi connectivity index (χ1n) is 7.03. The molecule has 114 valence electrons. The van der Waals surface area contributed by atoms with Gasteiger partial charge in [-0.25, -0.2) is 9.78 Å². The van der Waals surface area contributed by atoms with Crippen molar-refractivity contribution in [1.29, 1.82) is 0 Å². The lowest BCUT2D eigenvalue weighted by atomic mass is 10.2. The van der Waals surface area contributed by atoms with Gasteiger partial charge in [0, 0.05) is 19.7 Å². The van der Waals surface area contributed by atoms with Crippen LogP contribution in [0.25, 0.3) is 0 Å². The molecule has 1 unspecified atom stereocenters. The highest BCUT2D eigenvalue weighted by Crippen LogP contribution is 2.29. The molecule has 6 heteroatoms. The van der Waals surface area contributed by atoms with Crippen LogP contribution >= 0.6 is 11.3 Å². The third-order valence-corrected chi connectivity index (χ3v) is 4.39. The van der Waals surface area contributed by atoms with E-state index in [0.29, 0.717) is 29.6 Å². The van der Waals surface area contributed by atoms with Gasteiger partial charge >= 0.3 is 5.97 Å². The summed E-state index contributed by atoms with van der Waals surface area (Å²) in [4.78, 5) is 18.4. The number of carbonyl (C=O) groups is 1. The Kier molecular flexibility index (Phi) is 6.95. The van der Waals surface area contributed by atoms with E-state index in [9.17, 15) is 9.90 Å². The molecule has 0 aromatic carbocycles. The summed E-state index contributed by atoms with van der Waals surface area (Å²) in [5.41, 5.74) is 0.700. The third kappa shape index (κ3) is 4.18. The molecule has 0 aliphatic heterocycles. The second-order valence-corrected chi connectivity index (χ2v) is 5.75. The number of hydrogen-bond donors (Lipinski definition) is 1. The fourth-order valence-electron chi connectivity index (χ4n) is 1.95. The Balaban J connectivity index is 3.06. The molecule has 20 heavy (non-hydrogen) atoms. The number of carboxylic acids is 1. The summed E-state index contributed by atoms with van der Waals surface area (Å²) in [5, 5.41) is 10.1. The Labute approximate surface area is 124 Å². The topological polar surface area (TPSA) is 62.7 Å². The first-order valence-corrected chi connectivity index (χ1v) is 7.85. The number of anilines is 1. The van der Waals surface area contributed by atoms with Crippen LogP contribution in [-0.4, -0.2) is 42.4 Å². The van der Waals surface area contributed by atoms with E-state index in [1.807, 2.05) is 6.92 Å². The van der Waals surface area contributed by atoms with Gasteiger partial charge in [-0.1, -0.05) is 31.6 Å². The molecule has 1 aromatic heterocycles. The number of methoxy groups -OCH3 is 1. The molecule has 0 spiro atoms. The SMILES string of the molecule is CCCc1nc(N(CCOC)C(C)CC)sc1C(=O)O. The van der Waals surface area contributed by atoms with E-state index in [0.717, 1.165) is 24.5 Å². The van der Waals surface area contributed by atoms with Crippen molar-refractivity contribution in [3.05, 3.63) is 10.6 Å². The van der Waals surface area contributed by atoms with Gasteiger partial charge in [-0.2, -0.15) is 0 Å². The van der Waals surface area contributed by atoms with E-state index in [1.54, 1.807) is 7.11 Å². The number of rotatable bonds is 9. The zero-order chi connectivity index (χ0) is 15.1. The first kappa shape index (κ1) is 16.9. The van der Waals surface area contributed by atoms with Crippen molar-refractivity contribution in [2.75, 3.05) is 25.2 Å². The molecule has 0 saturated carbocycles. The van der Waals surface area contributed by atoms with E-state index in [-0.39, 0.29) is 0 Å². The van der Waals surface area contributed by atoms with Crippen molar-refractivity contribution in [3.63, 3.8) is 0 Å². The highest BCUT2D eigenvalue weighted by Gasteiger charge is 2.22. The summed E-state index contributed by atoms with van der Waals surface area (Å²) in [7, 11) is 1.67. The van der Waals surface area contributed by atoms with Gasteiger partial charge in [-0.05, 0) is 19.8 Å². The van der Waals surface area contributed by atoms with Crippen molar-refractivity contribution in [2.24, 2.45) is 0 Å². The Morgan fingerprint density at radius 2 is 2.20 bits per heavy atom. The monoisotopic (exact) mass is 300 g/mol. The quantitative estimate of drug-likeness (QED) is 0.759. The summed E-state index contributed by atoms with van der Waals surface area (Å²) in [5.74, 6) is -0.881. The standard InChI is InChI=1S/C14H24N2O3S/c1-5-7-11-12(13(17)18)20-14(15-11)16(8-9-19-4)10(3)6-2/h10H,5-9H2,1-4H3,(H,17,18). The van der Waals surface area contributed by atoms with Gasteiger partial charge < -0.3 is 14.7 Å². The van der Waals surface area contributed by atoms with Crippen LogP contribution in [0.2, 0.25) is 0 Å². The molecule has 1 rings (SSSR count). The number of ether oxygens (including phenoxy) is 1. The van der Waals surface area contributed by atoms with Gasteiger partial charge in [0.05, 0.1) is 12.3 Å². The number of thiazole rings is 1. The zero-order valence-electron chi connectivity index (χ0n) is 12.7. The minimum absolute atomic E-state index is 0.312. The predicted molar refractivity (Wildman–Crippen MR) is 82.0 cm³/mol. The van der Waals surface area contributed by atoms with Crippen LogP contribution in [0, 0.1) is 0 Å². The first-order chi connectivity index (χ1) is 9.54. The lowest BCUT2D eigenvalue weighted by Gasteiger charge is -2.27. The number of carboxylic acid groups (broad SMARTS) is 1. The molecule has 0 saturated heterocycles. The molecule has 0 bridgehead atoms. The fraction of sp³-hybridized carbons (Fsp3) is 0.714. The Hall–Kier alpha value is -1.14. The molecule has 1 N–H and O–H groups in total. The highest BCUT2D eigenvalue weighted by atomic mass is 32.1. The summed E-state index contributed by atoms with van der Waals surface area (Å²) in [6.45, 7) is 7.60. The number of aryl methyl sites for hydroxylation is 1. The van der Waals surface area contributed by atoms with Crippen LogP contribution in [0.15, 0.2) is 0 Å². The summed E-state index contributed by atoms with van der Waals surface area (Å²) < 4.78 is 5.14. The molecular weight excluding hydrogens is 276 g/mol. The van der Waals surface area contributed by atoms with Crippen molar-refractivity contribution < 1.29 is 14.6 Å². The molecule has 0 aliphatic rings. The zero-order valence-corrected chi connectivity index (χ0v) is 13.5. The molecule has 1 heterocycles. The normalized spacial score (nSPS) is 12.4. The van der Waals surface area contributed by atoms with Crippen molar-refractivity contribution in [3.8, 4) is 0 Å². The summed E-state index contributed by atoms with van der Waals surface area (Å²) >= 11 is 1.27. The number of hydrogen-bond acceptors (Lipinski definition) is 5. The molecule has 1 atom stereocenters. The van der Waals surface area contributed by atoms with Gasteiger partial charge in [-0.15, -0.1) is 0 Å². The smallest absolute Gasteiger partial charge is 0.347 e. The fourth-order valence-corrected chi connectivity index (χ4v) is 3.03. The second-order valence-electron chi connectivity index (χ2n) is 4.77.